The Balaban J connectivity index is 2.39. The summed E-state index contributed by atoms with van der Waals surface area (Å²) in [5.74, 6) is 0. The molecule has 86 valence electrons. The molecule has 1 aromatic rings. The minimum absolute atomic E-state index is 0.0752. The highest BCUT2D eigenvalue weighted by Crippen LogP contribution is 2.18. The van der Waals surface area contributed by atoms with Crippen molar-refractivity contribution in [2.24, 2.45) is 0 Å². The zero-order valence-electron chi connectivity index (χ0n) is 9.32. The van der Waals surface area contributed by atoms with Gasteiger partial charge in [0.2, 0.25) is 0 Å². The molecular formula is C9H17N3O2S. The predicted octanol–water partition coefficient (Wildman–Crippen LogP) is 1.52. The van der Waals surface area contributed by atoms with Crippen molar-refractivity contribution in [1.29, 1.82) is 0 Å². The zero-order chi connectivity index (χ0) is 11.1. The maximum absolute atomic E-state index is 5.55. The molecule has 1 rings (SSSR count). The van der Waals surface area contributed by atoms with Crippen LogP contribution in [0.1, 0.15) is 19.5 Å². The molecule has 1 heterocycles. The molecule has 0 aromatic carbocycles. The number of hydrogen-bond acceptors (Lipinski definition) is 6. The number of hydrogen-bond donors (Lipinski definition) is 1. The third-order valence-electron chi connectivity index (χ3n) is 1.80. The van der Waals surface area contributed by atoms with Gasteiger partial charge in [-0.25, -0.2) is 0 Å². The highest BCUT2D eigenvalue weighted by Gasteiger charge is 2.09. The molecule has 1 unspecified atom stereocenters. The summed E-state index contributed by atoms with van der Waals surface area (Å²) in [6.07, 6.45) is 0.0752. The van der Waals surface area contributed by atoms with E-state index in [1.807, 2.05) is 13.8 Å². The quantitative estimate of drug-likeness (QED) is 0.771. The number of nitrogens with one attached hydrogen (secondary N) is 1. The lowest BCUT2D eigenvalue weighted by Gasteiger charge is -2.11. The van der Waals surface area contributed by atoms with Crippen LogP contribution in [0.15, 0.2) is 0 Å². The summed E-state index contributed by atoms with van der Waals surface area (Å²) in [4.78, 5) is 0. The van der Waals surface area contributed by atoms with Gasteiger partial charge in [0.25, 0.3) is 0 Å². The predicted molar refractivity (Wildman–Crippen MR) is 60.2 cm³/mol. The minimum Gasteiger partial charge on any atom is -0.382 e. The van der Waals surface area contributed by atoms with Gasteiger partial charge in [-0.2, -0.15) is 0 Å². The largest absolute Gasteiger partial charge is 0.382 e. The van der Waals surface area contributed by atoms with Crippen LogP contribution in [0.25, 0.3) is 0 Å². The van der Waals surface area contributed by atoms with Crippen LogP contribution in [0.4, 0.5) is 5.00 Å². The molecule has 0 saturated heterocycles. The third-order valence-corrected chi connectivity index (χ3v) is 2.52. The van der Waals surface area contributed by atoms with Crippen LogP contribution in [0, 0.1) is 0 Å². The highest BCUT2D eigenvalue weighted by molar-refractivity contribution is 7.10. The fourth-order valence-corrected chi connectivity index (χ4v) is 1.74. The molecule has 6 heteroatoms. The van der Waals surface area contributed by atoms with Crippen molar-refractivity contribution in [2.75, 3.05) is 25.6 Å². The fraction of sp³-hybridized carbons (Fsp3) is 0.778. The van der Waals surface area contributed by atoms with E-state index in [1.54, 1.807) is 7.11 Å². The Bertz CT molecular complexity index is 280. The number of methoxy groups -OCH3 is 1. The summed E-state index contributed by atoms with van der Waals surface area (Å²) >= 11 is 1.36. The number of anilines is 1. The molecule has 15 heavy (non-hydrogen) atoms. The van der Waals surface area contributed by atoms with E-state index in [1.165, 1.54) is 11.5 Å². The van der Waals surface area contributed by atoms with Gasteiger partial charge in [0.15, 0.2) is 0 Å². The van der Waals surface area contributed by atoms with E-state index in [4.69, 9.17) is 9.47 Å². The normalized spacial score (nSPS) is 12.7. The first-order valence-electron chi connectivity index (χ1n) is 4.93. The lowest BCUT2D eigenvalue weighted by molar-refractivity contribution is -0.00117. The van der Waals surface area contributed by atoms with Gasteiger partial charge in [0.05, 0.1) is 19.3 Å². The number of rotatable bonds is 7. The Labute approximate surface area is 94.0 Å². The van der Waals surface area contributed by atoms with Gasteiger partial charge in [0, 0.05) is 25.2 Å². The van der Waals surface area contributed by atoms with E-state index >= 15 is 0 Å². The summed E-state index contributed by atoms with van der Waals surface area (Å²) in [5, 5.41) is 8.19. The lowest BCUT2D eigenvalue weighted by Crippen LogP contribution is -2.15. The van der Waals surface area contributed by atoms with E-state index in [2.05, 4.69) is 14.9 Å². The van der Waals surface area contributed by atoms with Crippen LogP contribution in [0.2, 0.25) is 0 Å². The second kappa shape index (κ2) is 6.71. The van der Waals surface area contributed by atoms with E-state index in [-0.39, 0.29) is 6.10 Å². The smallest absolute Gasteiger partial charge is 0.135 e. The van der Waals surface area contributed by atoms with Crippen LogP contribution in [-0.4, -0.2) is 36.0 Å². The van der Waals surface area contributed by atoms with E-state index in [9.17, 15) is 0 Å². The second-order valence-electron chi connectivity index (χ2n) is 3.16. The van der Waals surface area contributed by atoms with Crippen LogP contribution in [0.3, 0.4) is 0 Å². The number of ether oxygens (including phenoxy) is 2. The van der Waals surface area contributed by atoms with Crippen LogP contribution >= 0.6 is 11.5 Å². The van der Waals surface area contributed by atoms with Crippen LogP contribution in [-0.2, 0) is 16.1 Å². The molecule has 1 aromatic heterocycles. The average Bonchev–Trinajstić information content (AvgIpc) is 2.64. The Morgan fingerprint density at radius 2 is 2.33 bits per heavy atom. The molecule has 0 spiro atoms. The van der Waals surface area contributed by atoms with Crippen LogP contribution < -0.4 is 5.32 Å². The molecule has 0 aliphatic heterocycles. The molecule has 0 radical (unpaired) electrons. The SMILES string of the molecule is CCNc1snnc1COC(C)COC. The van der Waals surface area contributed by atoms with Crippen molar-refractivity contribution in [3.63, 3.8) is 0 Å². The van der Waals surface area contributed by atoms with Crippen molar-refractivity contribution in [3.8, 4) is 0 Å². The molecule has 0 fully saturated rings. The first kappa shape index (κ1) is 12.4. The van der Waals surface area contributed by atoms with Crippen molar-refractivity contribution in [1.82, 2.24) is 9.59 Å². The molecular weight excluding hydrogens is 214 g/mol. The summed E-state index contributed by atoms with van der Waals surface area (Å²) in [6.45, 7) is 5.94. The molecule has 0 aliphatic rings. The summed E-state index contributed by atoms with van der Waals surface area (Å²) in [7, 11) is 1.66. The van der Waals surface area contributed by atoms with E-state index in [0.29, 0.717) is 13.2 Å². The molecule has 5 nitrogen and oxygen atoms in total. The van der Waals surface area contributed by atoms with Gasteiger partial charge >= 0.3 is 0 Å². The first-order valence-corrected chi connectivity index (χ1v) is 5.70. The van der Waals surface area contributed by atoms with Crippen molar-refractivity contribution < 1.29 is 9.47 Å². The maximum Gasteiger partial charge on any atom is 0.135 e. The van der Waals surface area contributed by atoms with E-state index in [0.717, 1.165) is 17.2 Å². The molecule has 0 saturated carbocycles. The van der Waals surface area contributed by atoms with Crippen molar-refractivity contribution in [3.05, 3.63) is 5.69 Å². The standard InChI is InChI=1S/C9H17N3O2S/c1-4-10-9-8(11-12-15-9)6-14-7(2)5-13-3/h7,10H,4-6H2,1-3H3. The van der Waals surface area contributed by atoms with Gasteiger partial charge in [-0.3, -0.25) is 0 Å². The van der Waals surface area contributed by atoms with Gasteiger partial charge in [0.1, 0.15) is 10.7 Å². The molecule has 0 bridgehead atoms. The van der Waals surface area contributed by atoms with Gasteiger partial charge in [-0.15, -0.1) is 5.10 Å². The van der Waals surface area contributed by atoms with Crippen molar-refractivity contribution >= 4 is 16.5 Å². The van der Waals surface area contributed by atoms with Gasteiger partial charge < -0.3 is 14.8 Å². The van der Waals surface area contributed by atoms with E-state index < -0.39 is 0 Å². The Morgan fingerprint density at radius 1 is 1.53 bits per heavy atom. The summed E-state index contributed by atoms with van der Waals surface area (Å²) in [6, 6.07) is 0. The van der Waals surface area contributed by atoms with Crippen molar-refractivity contribution in [2.45, 2.75) is 26.6 Å². The van der Waals surface area contributed by atoms with Crippen LogP contribution in [0.5, 0.6) is 0 Å². The Kier molecular flexibility index (Phi) is 5.52. The Morgan fingerprint density at radius 3 is 3.00 bits per heavy atom. The first-order chi connectivity index (χ1) is 7.27. The van der Waals surface area contributed by atoms with Gasteiger partial charge in [-0.05, 0) is 13.8 Å². The number of nitrogens with zero attached hydrogens (tertiary/aromatic N) is 2. The summed E-state index contributed by atoms with van der Waals surface area (Å²) in [5.41, 5.74) is 0.866. The monoisotopic (exact) mass is 231 g/mol. The fourth-order valence-electron chi connectivity index (χ4n) is 1.10. The Hall–Kier alpha value is -0.720. The molecule has 1 N–H and O–H groups in total. The molecule has 1 atom stereocenters. The third kappa shape index (κ3) is 4.11. The molecule has 0 amide bonds. The second-order valence-corrected chi connectivity index (χ2v) is 3.91. The minimum atomic E-state index is 0.0752. The maximum atomic E-state index is 5.55. The lowest BCUT2D eigenvalue weighted by atomic mass is 10.4. The average molecular weight is 231 g/mol. The zero-order valence-corrected chi connectivity index (χ0v) is 10.1. The molecule has 0 aliphatic carbocycles. The number of aromatic nitrogens is 2. The van der Waals surface area contributed by atoms with Gasteiger partial charge in [-0.1, -0.05) is 4.49 Å². The summed E-state index contributed by atoms with van der Waals surface area (Å²) < 4.78 is 14.4. The topological polar surface area (TPSA) is 56.3 Å². The highest BCUT2D eigenvalue weighted by atomic mass is 32.1.